The molecule has 41 heavy (non-hydrogen) atoms. The molecular formula is C31H48N10+2. The van der Waals surface area contributed by atoms with E-state index in [0.29, 0.717) is 0 Å². The third kappa shape index (κ3) is 8.96. The normalized spacial score (nSPS) is 11.2. The van der Waals surface area contributed by atoms with Gasteiger partial charge in [0.15, 0.2) is 0 Å². The zero-order valence-electron chi connectivity index (χ0n) is 23.6. The first-order valence-electron chi connectivity index (χ1n) is 14.1. The molecule has 0 bridgehead atoms. The van der Waals surface area contributed by atoms with Crippen molar-refractivity contribution in [2.45, 2.75) is 101 Å². The maximum Gasteiger partial charge on any atom is 0.403 e. The van der Waals surface area contributed by atoms with Crippen LogP contribution in [0.2, 0.25) is 0 Å². The Bertz CT molecular complexity index is 1220. The molecule has 0 aliphatic heterocycles. The molecule has 2 aromatic heterocycles. The van der Waals surface area contributed by atoms with E-state index >= 15 is 0 Å². The van der Waals surface area contributed by atoms with Crippen LogP contribution in [0, 0.1) is 0 Å². The molecule has 4 rings (SSSR count). The fraction of sp³-hybridized carbons (Fsp3) is 0.484. The lowest BCUT2D eigenvalue weighted by Crippen LogP contribution is -2.30. The molecule has 0 saturated carbocycles. The first-order chi connectivity index (χ1) is 19.1. The number of azo groups is 2. The van der Waals surface area contributed by atoms with Crippen LogP contribution in [-0.2, 0) is 39.0 Å². The average Bonchev–Trinajstić information content (AvgIpc) is 3.58. The number of hydrogen-bond donors (Lipinski definition) is 0. The van der Waals surface area contributed by atoms with Crippen LogP contribution in [-0.4, -0.2) is 19.6 Å². The molecule has 0 fully saturated rings. The molecular weight excluding hydrogens is 512 g/mol. The van der Waals surface area contributed by atoms with Crippen LogP contribution in [0.4, 0.5) is 23.3 Å². The molecule has 0 spiro atoms. The molecule has 4 aromatic rings. The van der Waals surface area contributed by atoms with E-state index in [1.54, 1.807) is 12.7 Å². The van der Waals surface area contributed by atoms with Crippen LogP contribution in [0.25, 0.3) is 0 Å². The monoisotopic (exact) mass is 560 g/mol. The van der Waals surface area contributed by atoms with Gasteiger partial charge in [0.05, 0.1) is 37.6 Å². The van der Waals surface area contributed by atoms with Gasteiger partial charge in [-0.05, 0) is 99.0 Å². The van der Waals surface area contributed by atoms with Crippen LogP contribution >= 0.6 is 0 Å². The molecule has 2 aromatic carbocycles. The second-order valence-electron chi connectivity index (χ2n) is 9.36. The highest BCUT2D eigenvalue weighted by atomic mass is 15.4. The Kier molecular flexibility index (Phi) is 13.6. The summed E-state index contributed by atoms with van der Waals surface area (Å²) in [4.78, 5) is 0. The van der Waals surface area contributed by atoms with E-state index in [1.165, 1.54) is 30.4 Å². The van der Waals surface area contributed by atoms with Gasteiger partial charge in [-0.3, -0.25) is 0 Å². The minimum atomic E-state index is 0. The van der Waals surface area contributed by atoms with Crippen molar-refractivity contribution in [1.29, 1.82) is 0 Å². The second-order valence-corrected chi connectivity index (χ2v) is 9.36. The fourth-order valence-electron chi connectivity index (χ4n) is 4.36. The van der Waals surface area contributed by atoms with Gasteiger partial charge in [0.1, 0.15) is 0 Å². The molecule has 0 amide bonds. The largest absolute Gasteiger partial charge is 0.403 e. The van der Waals surface area contributed by atoms with E-state index in [-0.39, 0.29) is 14.9 Å². The highest BCUT2D eigenvalue weighted by molar-refractivity contribution is 5.39. The van der Waals surface area contributed by atoms with Crippen LogP contribution in [0.1, 0.15) is 72.9 Å². The predicted octanol–water partition coefficient (Wildman–Crippen LogP) is 7.79. The molecule has 0 saturated heterocycles. The number of aromatic nitrogens is 6. The summed E-state index contributed by atoms with van der Waals surface area (Å²) in [6, 6.07) is 16.8. The van der Waals surface area contributed by atoms with Crippen LogP contribution in [0.5, 0.6) is 0 Å². The third-order valence-corrected chi connectivity index (χ3v) is 6.73. The van der Waals surface area contributed by atoms with Crippen molar-refractivity contribution in [1.82, 2.24) is 19.6 Å². The Morgan fingerprint density at radius 2 is 0.951 bits per heavy atom. The summed E-state index contributed by atoms with van der Waals surface area (Å²) < 4.78 is 7.69. The van der Waals surface area contributed by atoms with Crippen molar-refractivity contribution in [2.75, 3.05) is 0 Å². The highest BCUT2D eigenvalue weighted by Crippen LogP contribution is 2.20. The summed E-state index contributed by atoms with van der Waals surface area (Å²) >= 11 is 0. The quantitative estimate of drug-likeness (QED) is 0.0894. The van der Waals surface area contributed by atoms with E-state index in [9.17, 15) is 0 Å². The van der Waals surface area contributed by atoms with Gasteiger partial charge in [0.2, 0.25) is 12.7 Å². The Labute approximate surface area is 245 Å². The number of hydrogen-bond acceptors (Lipinski definition) is 6. The number of aryl methyl sites for hydroxylation is 6. The maximum atomic E-state index is 4.44. The second kappa shape index (κ2) is 16.9. The number of benzene rings is 2. The van der Waals surface area contributed by atoms with Crippen molar-refractivity contribution in [3.63, 3.8) is 0 Å². The van der Waals surface area contributed by atoms with Gasteiger partial charge in [-0.2, -0.15) is 0 Å². The molecule has 10 heteroatoms. The molecule has 2 heterocycles. The lowest BCUT2D eigenvalue weighted by molar-refractivity contribution is -0.681. The van der Waals surface area contributed by atoms with Crippen LogP contribution < -0.4 is 9.13 Å². The van der Waals surface area contributed by atoms with Crippen molar-refractivity contribution in [3.8, 4) is 0 Å². The van der Waals surface area contributed by atoms with Crippen molar-refractivity contribution >= 4 is 23.3 Å². The Morgan fingerprint density at radius 3 is 1.29 bits per heavy atom. The van der Waals surface area contributed by atoms with Crippen molar-refractivity contribution in [3.05, 3.63) is 72.3 Å². The molecule has 0 unspecified atom stereocenters. The molecule has 0 aliphatic rings. The van der Waals surface area contributed by atoms with E-state index in [2.05, 4.69) is 82.6 Å². The van der Waals surface area contributed by atoms with Gasteiger partial charge in [-0.25, -0.2) is 9.13 Å². The number of unbranched alkanes of at least 4 members (excludes halogenated alkanes) is 2. The zero-order valence-corrected chi connectivity index (χ0v) is 23.6. The summed E-state index contributed by atoms with van der Waals surface area (Å²) in [6.45, 7) is 11.4. The standard InChI is InChI=1S/C29H40N10.2CH4/c1-5-36-22-30-38(7-3)28(36)34-32-26-18-14-24(15-19-26)12-10-9-11-13-25-16-20-27(21-17-25)33-35-29-37(6-2)23-31-39(29)8-4;;/h14-23H,5-13H2,1-4H3;2*1H4/q+2;;. The summed E-state index contributed by atoms with van der Waals surface area (Å²) in [5.74, 6) is 1.54. The molecule has 220 valence electrons. The van der Waals surface area contributed by atoms with Gasteiger partial charge in [0.25, 0.3) is 0 Å². The first-order valence-corrected chi connectivity index (χ1v) is 14.1. The lowest BCUT2D eigenvalue weighted by atomic mass is 10.0. The van der Waals surface area contributed by atoms with E-state index in [0.717, 1.165) is 62.3 Å². The van der Waals surface area contributed by atoms with Gasteiger partial charge in [0, 0.05) is 10.2 Å². The maximum absolute atomic E-state index is 4.44. The predicted molar refractivity (Wildman–Crippen MR) is 163 cm³/mol. The summed E-state index contributed by atoms with van der Waals surface area (Å²) in [7, 11) is 0. The minimum absolute atomic E-state index is 0. The lowest BCUT2D eigenvalue weighted by Gasteiger charge is -2.03. The molecule has 0 aliphatic carbocycles. The van der Waals surface area contributed by atoms with Gasteiger partial charge in [-0.1, -0.05) is 55.8 Å². The molecule has 0 atom stereocenters. The zero-order chi connectivity index (χ0) is 27.5. The van der Waals surface area contributed by atoms with Crippen LogP contribution in [0.3, 0.4) is 0 Å². The van der Waals surface area contributed by atoms with E-state index in [4.69, 9.17) is 0 Å². The smallest absolute Gasteiger partial charge is 0.223 e. The SMILES string of the molecule is C.C.CCn1nc[n+](CC)c1N=Nc1ccc(CCCCCc2ccc(N=Nc3n(CC)nc[n+]3CC)cc2)cc1. The molecule has 10 nitrogen and oxygen atoms in total. The Morgan fingerprint density at radius 1 is 0.561 bits per heavy atom. The third-order valence-electron chi connectivity index (χ3n) is 6.73. The van der Waals surface area contributed by atoms with Gasteiger partial charge < -0.3 is 0 Å². The first kappa shape index (κ1) is 33.1. The van der Waals surface area contributed by atoms with E-state index < -0.39 is 0 Å². The Hall–Kier alpha value is -4.08. The minimum Gasteiger partial charge on any atom is -0.223 e. The topological polar surface area (TPSA) is 92.8 Å². The van der Waals surface area contributed by atoms with Crippen molar-refractivity contribution in [2.24, 2.45) is 20.5 Å². The Balaban J connectivity index is 0.00000294. The van der Waals surface area contributed by atoms with Gasteiger partial charge in [-0.15, -0.1) is 9.36 Å². The fourth-order valence-corrected chi connectivity index (χ4v) is 4.36. The summed E-state index contributed by atoms with van der Waals surface area (Å²) in [5, 5.41) is 26.4. The number of rotatable bonds is 14. The summed E-state index contributed by atoms with van der Waals surface area (Å²) in [6.07, 6.45) is 9.27. The number of nitrogens with zero attached hydrogens (tertiary/aromatic N) is 10. The molecule has 0 radical (unpaired) electrons. The highest BCUT2D eigenvalue weighted by Gasteiger charge is 2.16. The molecule has 0 N–H and O–H groups in total. The average molecular weight is 561 g/mol. The van der Waals surface area contributed by atoms with E-state index in [1.807, 2.05) is 42.8 Å². The van der Waals surface area contributed by atoms with Gasteiger partial charge >= 0.3 is 11.9 Å². The van der Waals surface area contributed by atoms with Crippen molar-refractivity contribution < 1.29 is 9.13 Å². The van der Waals surface area contributed by atoms with Crippen LogP contribution in [0.15, 0.2) is 81.6 Å². The summed E-state index contributed by atoms with van der Waals surface area (Å²) in [5.41, 5.74) is 4.38.